The molecule has 2 rings (SSSR count). The summed E-state index contributed by atoms with van der Waals surface area (Å²) in [5, 5.41) is 12.0. The van der Waals surface area contributed by atoms with Crippen LogP contribution in [0, 0.1) is 4.91 Å². The van der Waals surface area contributed by atoms with Crippen molar-refractivity contribution in [1.29, 1.82) is 0 Å². The van der Waals surface area contributed by atoms with Crippen LogP contribution in [0.25, 0.3) is 0 Å². The fourth-order valence-electron chi connectivity index (χ4n) is 1.52. The van der Waals surface area contributed by atoms with Crippen LogP contribution in [0.5, 0.6) is 5.75 Å². The third-order valence-electron chi connectivity index (χ3n) is 2.39. The van der Waals surface area contributed by atoms with E-state index in [1.807, 2.05) is 24.3 Å². The summed E-state index contributed by atoms with van der Waals surface area (Å²) in [6.07, 6.45) is 0.777. The van der Waals surface area contributed by atoms with E-state index in [2.05, 4.69) is 5.18 Å². The van der Waals surface area contributed by atoms with E-state index < -0.39 is 0 Å². The molecular formula is C13H11NO2. The number of benzene rings is 2. The molecule has 0 spiro atoms. The van der Waals surface area contributed by atoms with Crippen molar-refractivity contribution in [2.75, 3.05) is 0 Å². The number of rotatable bonds is 3. The Morgan fingerprint density at radius 2 is 1.38 bits per heavy atom. The van der Waals surface area contributed by atoms with E-state index in [-0.39, 0.29) is 5.75 Å². The number of hydrogen-bond acceptors (Lipinski definition) is 3. The maximum Gasteiger partial charge on any atom is 0.115 e. The molecule has 2 aromatic rings. The highest BCUT2D eigenvalue weighted by atomic mass is 16.3. The van der Waals surface area contributed by atoms with E-state index in [4.69, 9.17) is 5.11 Å². The lowest BCUT2D eigenvalue weighted by atomic mass is 10.0. The number of phenols is 1. The molecule has 0 atom stereocenters. The topological polar surface area (TPSA) is 49.7 Å². The van der Waals surface area contributed by atoms with Gasteiger partial charge in [-0.1, -0.05) is 24.3 Å². The Hall–Kier alpha value is -2.16. The van der Waals surface area contributed by atoms with E-state index in [0.29, 0.717) is 5.69 Å². The van der Waals surface area contributed by atoms with Crippen LogP contribution in [0.1, 0.15) is 11.1 Å². The first kappa shape index (κ1) is 10.4. The maximum atomic E-state index is 10.2. The van der Waals surface area contributed by atoms with Gasteiger partial charge in [-0.15, -0.1) is 4.91 Å². The van der Waals surface area contributed by atoms with Crippen LogP contribution in [0.3, 0.4) is 0 Å². The van der Waals surface area contributed by atoms with Crippen molar-refractivity contribution in [3.05, 3.63) is 64.6 Å². The second-order valence-corrected chi connectivity index (χ2v) is 3.60. The molecule has 3 heteroatoms. The normalized spacial score (nSPS) is 10.0. The lowest BCUT2D eigenvalue weighted by Crippen LogP contribution is -1.86. The third kappa shape index (κ3) is 2.45. The Bertz CT molecular complexity index is 474. The molecule has 0 fully saturated rings. The molecule has 0 amide bonds. The summed E-state index contributed by atoms with van der Waals surface area (Å²) in [7, 11) is 0. The molecule has 0 unspecified atom stereocenters. The van der Waals surface area contributed by atoms with Gasteiger partial charge in [-0.3, -0.25) is 0 Å². The van der Waals surface area contributed by atoms with Gasteiger partial charge in [0.2, 0.25) is 0 Å². The second kappa shape index (κ2) is 4.57. The summed E-state index contributed by atoms with van der Waals surface area (Å²) in [5.74, 6) is 0.268. The molecule has 0 bridgehead atoms. The minimum Gasteiger partial charge on any atom is -0.508 e. The number of aromatic hydroxyl groups is 1. The third-order valence-corrected chi connectivity index (χ3v) is 2.39. The van der Waals surface area contributed by atoms with Gasteiger partial charge >= 0.3 is 0 Å². The quantitative estimate of drug-likeness (QED) is 0.794. The first-order valence-electron chi connectivity index (χ1n) is 4.98. The van der Waals surface area contributed by atoms with Crippen molar-refractivity contribution < 1.29 is 5.11 Å². The molecule has 2 aromatic carbocycles. The van der Waals surface area contributed by atoms with E-state index in [1.165, 1.54) is 0 Å². The zero-order chi connectivity index (χ0) is 11.4. The van der Waals surface area contributed by atoms with Crippen LogP contribution in [0.2, 0.25) is 0 Å². The van der Waals surface area contributed by atoms with Crippen LogP contribution in [0.4, 0.5) is 5.69 Å². The molecule has 0 aliphatic carbocycles. The van der Waals surface area contributed by atoms with Crippen LogP contribution in [-0.2, 0) is 6.42 Å². The molecule has 0 radical (unpaired) electrons. The minimum absolute atomic E-state index is 0.268. The molecule has 0 aliphatic heterocycles. The Morgan fingerprint density at radius 3 is 1.88 bits per heavy atom. The number of hydrogen-bond donors (Lipinski definition) is 1. The summed E-state index contributed by atoms with van der Waals surface area (Å²) in [6.45, 7) is 0. The highest BCUT2D eigenvalue weighted by Gasteiger charge is 1.97. The van der Waals surface area contributed by atoms with Gasteiger partial charge in [0.05, 0.1) is 0 Å². The standard InChI is InChI=1S/C13H11NO2/c15-13-7-3-11(4-8-13)9-10-1-5-12(14-16)6-2-10/h1-8,15H,9H2. The van der Waals surface area contributed by atoms with E-state index >= 15 is 0 Å². The lowest BCUT2D eigenvalue weighted by molar-refractivity contribution is 0.475. The predicted molar refractivity (Wildman–Crippen MR) is 62.8 cm³/mol. The van der Waals surface area contributed by atoms with Crippen molar-refractivity contribution in [2.45, 2.75) is 6.42 Å². The smallest absolute Gasteiger partial charge is 0.115 e. The first-order valence-corrected chi connectivity index (χ1v) is 4.98. The molecule has 80 valence electrons. The van der Waals surface area contributed by atoms with Gasteiger partial charge in [-0.05, 0) is 47.0 Å². The van der Waals surface area contributed by atoms with Gasteiger partial charge in [-0.2, -0.15) is 0 Å². The Balaban J connectivity index is 2.14. The molecule has 1 N–H and O–H groups in total. The van der Waals surface area contributed by atoms with Gasteiger partial charge in [0.15, 0.2) is 0 Å². The van der Waals surface area contributed by atoms with Crippen LogP contribution < -0.4 is 0 Å². The van der Waals surface area contributed by atoms with Crippen LogP contribution in [0.15, 0.2) is 53.7 Å². The van der Waals surface area contributed by atoms with E-state index in [1.54, 1.807) is 24.3 Å². The largest absolute Gasteiger partial charge is 0.508 e. The first-order chi connectivity index (χ1) is 7.78. The lowest BCUT2D eigenvalue weighted by Gasteiger charge is -2.02. The van der Waals surface area contributed by atoms with Gasteiger partial charge < -0.3 is 5.11 Å². The summed E-state index contributed by atoms with van der Waals surface area (Å²) in [4.78, 5) is 10.2. The summed E-state index contributed by atoms with van der Waals surface area (Å²) < 4.78 is 0. The highest BCUT2D eigenvalue weighted by molar-refractivity contribution is 5.40. The molecule has 0 aromatic heterocycles. The molecule has 0 saturated heterocycles. The Kier molecular flexibility index (Phi) is 2.96. The highest BCUT2D eigenvalue weighted by Crippen LogP contribution is 2.17. The van der Waals surface area contributed by atoms with Gasteiger partial charge in [0, 0.05) is 0 Å². The predicted octanol–water partition coefficient (Wildman–Crippen LogP) is 3.38. The minimum atomic E-state index is 0.268. The van der Waals surface area contributed by atoms with Gasteiger partial charge in [-0.25, -0.2) is 0 Å². The number of nitrogens with zero attached hydrogens (tertiary/aromatic N) is 1. The SMILES string of the molecule is O=Nc1ccc(Cc2ccc(O)cc2)cc1. The molecular weight excluding hydrogens is 202 g/mol. The van der Waals surface area contributed by atoms with Crippen LogP contribution in [-0.4, -0.2) is 5.11 Å². The average Bonchev–Trinajstić information content (AvgIpc) is 2.33. The number of nitroso groups, excluding NO2 is 1. The van der Waals surface area contributed by atoms with Crippen molar-refractivity contribution in [3.63, 3.8) is 0 Å². The second-order valence-electron chi connectivity index (χ2n) is 3.60. The van der Waals surface area contributed by atoms with Crippen molar-refractivity contribution in [2.24, 2.45) is 5.18 Å². The maximum absolute atomic E-state index is 10.2. The fraction of sp³-hybridized carbons (Fsp3) is 0.0769. The Labute approximate surface area is 93.3 Å². The fourth-order valence-corrected chi connectivity index (χ4v) is 1.52. The van der Waals surface area contributed by atoms with Crippen molar-refractivity contribution >= 4 is 5.69 Å². The summed E-state index contributed by atoms with van der Waals surface area (Å²) in [5.41, 5.74) is 2.66. The molecule has 0 heterocycles. The average molecular weight is 213 g/mol. The number of phenolic OH excluding ortho intramolecular Hbond substituents is 1. The summed E-state index contributed by atoms with van der Waals surface area (Å²) >= 11 is 0. The monoisotopic (exact) mass is 213 g/mol. The van der Waals surface area contributed by atoms with Crippen LogP contribution >= 0.6 is 0 Å². The van der Waals surface area contributed by atoms with E-state index in [9.17, 15) is 4.91 Å². The van der Waals surface area contributed by atoms with Crippen molar-refractivity contribution in [1.82, 2.24) is 0 Å². The van der Waals surface area contributed by atoms with Crippen molar-refractivity contribution in [3.8, 4) is 5.75 Å². The summed E-state index contributed by atoms with van der Waals surface area (Å²) in [6, 6.07) is 14.2. The van der Waals surface area contributed by atoms with Gasteiger partial charge in [0.1, 0.15) is 11.4 Å². The zero-order valence-corrected chi connectivity index (χ0v) is 8.63. The zero-order valence-electron chi connectivity index (χ0n) is 8.63. The Morgan fingerprint density at radius 1 is 0.875 bits per heavy atom. The molecule has 3 nitrogen and oxygen atoms in total. The molecule has 0 saturated carbocycles. The van der Waals surface area contributed by atoms with Gasteiger partial charge in [0.25, 0.3) is 0 Å². The van der Waals surface area contributed by atoms with E-state index in [0.717, 1.165) is 17.5 Å². The molecule has 16 heavy (non-hydrogen) atoms. The molecule has 0 aliphatic rings.